The van der Waals surface area contributed by atoms with E-state index in [1.165, 1.54) is 0 Å². The van der Waals surface area contributed by atoms with Crippen LogP contribution in [0, 0.1) is 0 Å². The van der Waals surface area contributed by atoms with E-state index in [1.54, 1.807) is 11.0 Å². The molecule has 2 heterocycles. The van der Waals surface area contributed by atoms with Gasteiger partial charge in [-0.2, -0.15) is 5.10 Å². The highest BCUT2D eigenvalue weighted by atomic mass is 16.6. The van der Waals surface area contributed by atoms with Gasteiger partial charge in [-0.25, -0.2) is 14.8 Å². The van der Waals surface area contributed by atoms with E-state index in [1.807, 2.05) is 44.8 Å². The van der Waals surface area contributed by atoms with E-state index in [4.69, 9.17) is 17.7 Å². The Balaban J connectivity index is 2.03. The molecule has 1 aromatic rings. The normalized spacial score (nSPS) is 17.3. The van der Waals surface area contributed by atoms with Gasteiger partial charge >= 0.3 is 6.09 Å². The second-order valence-corrected chi connectivity index (χ2v) is 7.12. The average molecular weight is 342 g/mol. The Morgan fingerprint density at radius 3 is 2.76 bits per heavy atom. The molecule has 0 atom stereocenters. The second kappa shape index (κ2) is 8.36. The van der Waals surface area contributed by atoms with Crippen molar-refractivity contribution in [1.82, 2.24) is 9.88 Å². The number of hydrazone groups is 1. The van der Waals surface area contributed by atoms with E-state index in [0.717, 1.165) is 30.8 Å². The van der Waals surface area contributed by atoms with E-state index in [2.05, 4.69) is 4.98 Å². The average Bonchev–Trinajstić information content (AvgIpc) is 2.76. The van der Waals surface area contributed by atoms with Gasteiger partial charge < -0.3 is 9.64 Å². The molecule has 25 heavy (non-hydrogen) atoms. The van der Waals surface area contributed by atoms with Crippen LogP contribution in [-0.2, 0) is 4.74 Å². The number of anilines is 1. The summed E-state index contributed by atoms with van der Waals surface area (Å²) in [7, 11) is 5.77. The molecular weight excluding hydrogens is 315 g/mol. The summed E-state index contributed by atoms with van der Waals surface area (Å²) in [5.74, 6) is 0.739. The summed E-state index contributed by atoms with van der Waals surface area (Å²) in [6, 6.07) is 5.53. The number of likely N-dealkylation sites (tertiary alicyclic amines) is 1. The highest BCUT2D eigenvalue weighted by Crippen LogP contribution is 2.16. The van der Waals surface area contributed by atoms with Gasteiger partial charge in [-0.05, 0) is 52.2 Å². The lowest BCUT2D eigenvalue weighted by atomic mass is 10.0. The quantitative estimate of drug-likeness (QED) is 0.626. The van der Waals surface area contributed by atoms with Crippen LogP contribution in [0.15, 0.2) is 23.3 Å². The summed E-state index contributed by atoms with van der Waals surface area (Å²) in [6.45, 7) is 9.69. The molecule has 0 unspecified atom stereocenters. The van der Waals surface area contributed by atoms with E-state index < -0.39 is 5.60 Å². The van der Waals surface area contributed by atoms with Crippen LogP contribution in [0.5, 0.6) is 0 Å². The summed E-state index contributed by atoms with van der Waals surface area (Å²) >= 11 is 0. The highest BCUT2D eigenvalue weighted by molar-refractivity contribution is 6.30. The summed E-state index contributed by atoms with van der Waals surface area (Å²) in [5, 5.41) is 6.60. The predicted molar refractivity (Wildman–Crippen MR) is 102 cm³/mol. The van der Waals surface area contributed by atoms with Gasteiger partial charge in [0.2, 0.25) is 0 Å². The zero-order valence-corrected chi connectivity index (χ0v) is 15.7. The minimum atomic E-state index is -0.474. The number of carbonyl (C=O) groups excluding carboxylic acids is 1. The molecule has 2 radical (unpaired) electrons. The summed E-state index contributed by atoms with van der Waals surface area (Å²) in [6.07, 6.45) is 2.22. The topological polar surface area (TPSA) is 58.0 Å². The van der Waals surface area contributed by atoms with Gasteiger partial charge in [0, 0.05) is 31.8 Å². The fourth-order valence-electron chi connectivity index (χ4n) is 2.62. The fraction of sp³-hybridized carbons (Fsp3) is 0.611. The smallest absolute Gasteiger partial charge is 0.410 e. The van der Waals surface area contributed by atoms with Crippen molar-refractivity contribution in [2.75, 3.05) is 24.6 Å². The third-order valence-corrected chi connectivity index (χ3v) is 3.80. The zero-order valence-electron chi connectivity index (χ0n) is 15.7. The van der Waals surface area contributed by atoms with E-state index >= 15 is 0 Å². The number of hydrogen-bond acceptors (Lipinski definition) is 5. The molecule has 0 bridgehead atoms. The summed E-state index contributed by atoms with van der Waals surface area (Å²) in [4.78, 5) is 18.3. The van der Waals surface area contributed by atoms with Crippen LogP contribution >= 0.6 is 0 Å². The lowest BCUT2D eigenvalue weighted by molar-refractivity contribution is 0.0259. The van der Waals surface area contributed by atoms with Crippen LogP contribution < -0.4 is 10.6 Å². The van der Waals surface area contributed by atoms with Crippen molar-refractivity contribution < 1.29 is 9.53 Å². The first-order valence-electron chi connectivity index (χ1n) is 8.83. The van der Waals surface area contributed by atoms with Gasteiger partial charge in [-0.15, -0.1) is 0 Å². The van der Waals surface area contributed by atoms with Gasteiger partial charge in [0.05, 0.1) is 0 Å². The number of amides is 1. The number of ether oxygens (including phenoxy) is 1. The van der Waals surface area contributed by atoms with Crippen molar-refractivity contribution in [1.29, 1.82) is 0 Å². The molecular formula is C18H27BN4O2. The Bertz CT molecular complexity index is 628. The molecule has 0 N–H and O–H groups in total. The maximum atomic E-state index is 12.2. The molecule has 0 aromatic carbocycles. The Hall–Kier alpha value is -2.05. The lowest BCUT2D eigenvalue weighted by Gasteiger charge is -2.26. The van der Waals surface area contributed by atoms with Gasteiger partial charge in [0.1, 0.15) is 19.3 Å². The van der Waals surface area contributed by atoms with Gasteiger partial charge in [-0.3, -0.25) is 0 Å². The van der Waals surface area contributed by atoms with E-state index in [-0.39, 0.29) is 6.09 Å². The molecule has 0 saturated carbocycles. The van der Waals surface area contributed by atoms with Crippen molar-refractivity contribution in [3.8, 4) is 0 Å². The predicted octanol–water partition coefficient (Wildman–Crippen LogP) is 2.48. The van der Waals surface area contributed by atoms with Crippen molar-refractivity contribution in [2.45, 2.75) is 52.6 Å². The summed E-state index contributed by atoms with van der Waals surface area (Å²) < 4.78 is 5.47. The van der Waals surface area contributed by atoms with Crippen molar-refractivity contribution in [3.05, 3.63) is 18.2 Å². The lowest BCUT2D eigenvalue weighted by Crippen LogP contribution is -2.37. The largest absolute Gasteiger partial charge is 0.444 e. The maximum Gasteiger partial charge on any atom is 0.410 e. The van der Waals surface area contributed by atoms with E-state index in [9.17, 15) is 4.79 Å². The second-order valence-electron chi connectivity index (χ2n) is 7.12. The molecule has 134 valence electrons. The molecule has 2 rings (SSSR count). The Morgan fingerprint density at radius 1 is 1.36 bits per heavy atom. The number of pyridine rings is 1. The number of hydrogen-bond donors (Lipinski definition) is 0. The monoisotopic (exact) mass is 342 g/mol. The molecule has 1 aliphatic heterocycles. The Labute approximate surface area is 151 Å². The van der Waals surface area contributed by atoms with Gasteiger partial charge in [0.25, 0.3) is 0 Å². The minimum Gasteiger partial charge on any atom is -0.444 e. The Morgan fingerprint density at radius 2 is 2.12 bits per heavy atom. The third-order valence-electron chi connectivity index (χ3n) is 3.80. The van der Waals surface area contributed by atoms with Crippen LogP contribution in [-0.4, -0.2) is 54.8 Å². The number of carbonyl (C=O) groups is 1. The first kappa shape index (κ1) is 19.3. The Kier molecular flexibility index (Phi) is 6.45. The SMILES string of the molecule is [B]c1cccc(N(CC)N=C2CCCN(C(=O)OC(C)(C)C)CC2)n1. The minimum absolute atomic E-state index is 0.251. The fourth-order valence-corrected chi connectivity index (χ4v) is 2.62. The van der Waals surface area contributed by atoms with Crippen LogP contribution in [0.3, 0.4) is 0 Å². The maximum absolute atomic E-state index is 12.2. The van der Waals surface area contributed by atoms with Crippen molar-refractivity contribution >= 4 is 31.1 Å². The standard InChI is InChI=1S/C18H27BN4O2/c1-5-23(16-10-6-9-15(19)20-16)21-14-8-7-12-22(13-11-14)17(24)25-18(2,3)4/h6,9-10H,5,7-8,11-13H2,1-4H3. The van der Waals surface area contributed by atoms with Gasteiger partial charge in [0.15, 0.2) is 0 Å². The van der Waals surface area contributed by atoms with Crippen molar-refractivity contribution in [2.24, 2.45) is 5.10 Å². The molecule has 6 nitrogen and oxygen atoms in total. The molecule has 1 fully saturated rings. The molecule has 0 spiro atoms. The molecule has 0 aliphatic carbocycles. The zero-order chi connectivity index (χ0) is 18.4. The molecule has 1 saturated heterocycles. The highest BCUT2D eigenvalue weighted by Gasteiger charge is 2.24. The number of rotatable bonds is 3. The van der Waals surface area contributed by atoms with Gasteiger partial charge in [-0.1, -0.05) is 12.1 Å². The van der Waals surface area contributed by atoms with E-state index in [0.29, 0.717) is 25.2 Å². The number of aromatic nitrogens is 1. The summed E-state index contributed by atoms with van der Waals surface area (Å²) in [5.41, 5.74) is 1.07. The van der Waals surface area contributed by atoms with Crippen LogP contribution in [0.1, 0.15) is 47.0 Å². The third kappa shape index (κ3) is 6.07. The molecule has 1 amide bonds. The molecule has 7 heteroatoms. The molecule has 1 aliphatic rings. The number of nitrogens with zero attached hydrogens (tertiary/aromatic N) is 4. The van der Waals surface area contributed by atoms with Crippen LogP contribution in [0.25, 0.3) is 0 Å². The van der Waals surface area contributed by atoms with Crippen LogP contribution in [0.4, 0.5) is 10.6 Å². The van der Waals surface area contributed by atoms with Crippen LogP contribution in [0.2, 0.25) is 0 Å². The van der Waals surface area contributed by atoms with Crippen molar-refractivity contribution in [3.63, 3.8) is 0 Å². The first-order chi connectivity index (χ1) is 11.8. The molecule has 1 aromatic heterocycles. The first-order valence-corrected chi connectivity index (χ1v) is 8.83.